The number of nitrogens with zero attached hydrogens (tertiary/aromatic N) is 2. The largest absolute Gasteiger partial charge is 0.416 e. The van der Waals surface area contributed by atoms with Crippen LogP contribution in [0.25, 0.3) is 22.4 Å². The summed E-state index contributed by atoms with van der Waals surface area (Å²) < 4.78 is 40.4. The fourth-order valence-electron chi connectivity index (χ4n) is 3.42. The second-order valence-electron chi connectivity index (χ2n) is 6.02. The molecule has 0 saturated heterocycles. The zero-order valence-electron chi connectivity index (χ0n) is 13.7. The fraction of sp³-hybridized carbons (Fsp3) is 0.211. The first kappa shape index (κ1) is 16.1. The first-order valence-corrected chi connectivity index (χ1v) is 8.63. The van der Waals surface area contributed by atoms with E-state index in [4.69, 9.17) is 0 Å². The van der Waals surface area contributed by atoms with Gasteiger partial charge in [-0.3, -0.25) is 4.99 Å². The van der Waals surface area contributed by atoms with E-state index in [0.29, 0.717) is 0 Å². The van der Waals surface area contributed by atoms with Crippen molar-refractivity contribution >= 4 is 11.3 Å². The predicted octanol–water partition coefficient (Wildman–Crippen LogP) is 4.87. The van der Waals surface area contributed by atoms with E-state index in [-0.39, 0.29) is 0 Å². The Bertz CT molecular complexity index is 1020. The van der Waals surface area contributed by atoms with Gasteiger partial charge in [0.2, 0.25) is 0 Å². The number of aromatic nitrogens is 1. The molecule has 0 unspecified atom stereocenters. The van der Waals surface area contributed by atoms with E-state index in [9.17, 15) is 13.2 Å². The normalized spacial score (nSPS) is 13.9. The molecule has 0 bridgehead atoms. The molecule has 0 fully saturated rings. The van der Waals surface area contributed by atoms with Crippen molar-refractivity contribution in [2.45, 2.75) is 12.6 Å². The highest BCUT2D eigenvalue weighted by molar-refractivity contribution is 7.09. The van der Waals surface area contributed by atoms with Gasteiger partial charge in [-0.2, -0.15) is 13.2 Å². The summed E-state index contributed by atoms with van der Waals surface area (Å²) in [4.78, 5) is 6.51. The number of fused-ring (bicyclic) bond motifs is 3. The summed E-state index contributed by atoms with van der Waals surface area (Å²) in [5.41, 5.74) is 4.65. The van der Waals surface area contributed by atoms with Gasteiger partial charge in [-0.15, -0.1) is 11.3 Å². The first-order valence-electron chi connectivity index (χ1n) is 7.81. The molecule has 0 radical (unpaired) electrons. The molecule has 0 aliphatic heterocycles. The molecule has 0 spiro atoms. The van der Waals surface area contributed by atoms with E-state index in [2.05, 4.69) is 15.6 Å². The molecule has 1 aromatic heterocycles. The molecule has 0 atom stereocenters. The van der Waals surface area contributed by atoms with Gasteiger partial charge in [-0.1, -0.05) is 30.3 Å². The molecule has 1 heterocycles. The van der Waals surface area contributed by atoms with Gasteiger partial charge in [0, 0.05) is 31.0 Å². The second kappa shape index (κ2) is 5.59. The van der Waals surface area contributed by atoms with E-state index in [1.54, 1.807) is 30.5 Å². The maximum atomic E-state index is 12.8. The summed E-state index contributed by atoms with van der Waals surface area (Å²) in [6.45, 7) is 0. The summed E-state index contributed by atoms with van der Waals surface area (Å²) in [7, 11) is 3.78. The summed E-state index contributed by atoms with van der Waals surface area (Å²) in [5, 5.41) is 0. The number of hydrogen-bond donors (Lipinski definition) is 0. The lowest BCUT2D eigenvalue weighted by Gasteiger charge is -2.11. The smallest absolute Gasteiger partial charge is 0.320 e. The SMILES string of the molecule is CN=c1sc2c(n1C)-c1cccc(-c3ccc(C(F)(F)F)cc3)c1C2. The lowest BCUT2D eigenvalue weighted by molar-refractivity contribution is -0.137. The fourth-order valence-corrected chi connectivity index (χ4v) is 4.52. The van der Waals surface area contributed by atoms with Crippen molar-refractivity contribution < 1.29 is 13.2 Å². The van der Waals surface area contributed by atoms with Gasteiger partial charge in [0.05, 0.1) is 11.3 Å². The lowest BCUT2D eigenvalue weighted by atomic mass is 9.95. The van der Waals surface area contributed by atoms with Crippen LogP contribution >= 0.6 is 11.3 Å². The van der Waals surface area contributed by atoms with Crippen molar-refractivity contribution in [2.24, 2.45) is 12.0 Å². The number of hydrogen-bond acceptors (Lipinski definition) is 2. The Morgan fingerprint density at radius 2 is 1.72 bits per heavy atom. The summed E-state index contributed by atoms with van der Waals surface area (Å²) in [6.07, 6.45) is -3.52. The van der Waals surface area contributed by atoms with Crippen LogP contribution in [0.3, 0.4) is 0 Å². The minimum absolute atomic E-state index is 0.622. The van der Waals surface area contributed by atoms with Gasteiger partial charge in [0.15, 0.2) is 4.80 Å². The molecule has 128 valence electrons. The van der Waals surface area contributed by atoms with Gasteiger partial charge in [-0.05, 0) is 28.8 Å². The number of benzene rings is 2. The Morgan fingerprint density at radius 3 is 2.36 bits per heavy atom. The van der Waals surface area contributed by atoms with Crippen molar-refractivity contribution in [3.8, 4) is 22.4 Å². The van der Waals surface area contributed by atoms with Gasteiger partial charge in [-0.25, -0.2) is 0 Å². The van der Waals surface area contributed by atoms with E-state index in [1.165, 1.54) is 10.4 Å². The summed E-state index contributed by atoms with van der Waals surface area (Å²) in [5.74, 6) is 0. The third-order valence-corrected chi connectivity index (χ3v) is 5.81. The van der Waals surface area contributed by atoms with Crippen molar-refractivity contribution in [1.29, 1.82) is 0 Å². The Kier molecular flexibility index (Phi) is 3.61. The second-order valence-corrected chi connectivity index (χ2v) is 7.08. The van der Waals surface area contributed by atoms with Crippen LogP contribution in [-0.2, 0) is 19.6 Å². The van der Waals surface area contributed by atoms with Crippen molar-refractivity contribution in [3.63, 3.8) is 0 Å². The maximum Gasteiger partial charge on any atom is 0.416 e. The third-order valence-electron chi connectivity index (χ3n) is 4.58. The molecule has 25 heavy (non-hydrogen) atoms. The molecule has 6 heteroatoms. The van der Waals surface area contributed by atoms with Crippen LogP contribution in [0.1, 0.15) is 16.0 Å². The zero-order valence-corrected chi connectivity index (χ0v) is 14.5. The van der Waals surface area contributed by atoms with Crippen LogP contribution < -0.4 is 4.80 Å². The van der Waals surface area contributed by atoms with Gasteiger partial charge < -0.3 is 4.57 Å². The molecule has 4 rings (SSSR count). The standard InChI is InChI=1S/C19H15F3N2S/c1-23-18-24(2)17-14-5-3-4-13(15(14)10-16(17)25-18)11-6-8-12(9-7-11)19(20,21)22/h3-9H,10H2,1-2H3. The Labute approximate surface area is 146 Å². The number of thiazole rings is 1. The molecule has 3 aromatic rings. The molecule has 2 aromatic carbocycles. The monoisotopic (exact) mass is 360 g/mol. The quantitative estimate of drug-likeness (QED) is 0.461. The topological polar surface area (TPSA) is 17.3 Å². The molecule has 1 aliphatic rings. The van der Waals surface area contributed by atoms with Crippen LogP contribution in [0.4, 0.5) is 13.2 Å². The average molecular weight is 360 g/mol. The van der Waals surface area contributed by atoms with Crippen molar-refractivity contribution in [3.05, 3.63) is 63.3 Å². The van der Waals surface area contributed by atoms with E-state index >= 15 is 0 Å². The minimum atomic E-state index is -4.31. The van der Waals surface area contributed by atoms with Crippen LogP contribution in [0.15, 0.2) is 47.5 Å². The lowest BCUT2D eigenvalue weighted by Crippen LogP contribution is -2.10. The zero-order chi connectivity index (χ0) is 17.8. The van der Waals surface area contributed by atoms with E-state index < -0.39 is 11.7 Å². The van der Waals surface area contributed by atoms with E-state index in [0.717, 1.165) is 45.7 Å². The summed E-state index contributed by atoms with van der Waals surface area (Å²) >= 11 is 1.66. The number of rotatable bonds is 1. The molecule has 0 N–H and O–H groups in total. The van der Waals surface area contributed by atoms with Crippen LogP contribution in [0.2, 0.25) is 0 Å². The number of alkyl halides is 3. The first-order chi connectivity index (χ1) is 11.9. The highest BCUT2D eigenvalue weighted by Crippen LogP contribution is 2.42. The maximum absolute atomic E-state index is 12.8. The van der Waals surface area contributed by atoms with Gasteiger partial charge in [0.1, 0.15) is 0 Å². The van der Waals surface area contributed by atoms with Crippen molar-refractivity contribution in [2.75, 3.05) is 7.05 Å². The average Bonchev–Trinajstić information content (AvgIpc) is 3.10. The van der Waals surface area contributed by atoms with Crippen LogP contribution in [0, 0.1) is 0 Å². The highest BCUT2D eigenvalue weighted by atomic mass is 32.1. The molecule has 1 aliphatic carbocycles. The molecule has 0 saturated carbocycles. The Morgan fingerprint density at radius 1 is 1.04 bits per heavy atom. The molecular formula is C19H15F3N2S. The van der Waals surface area contributed by atoms with E-state index in [1.807, 2.05) is 19.2 Å². The summed E-state index contributed by atoms with van der Waals surface area (Å²) in [6, 6.07) is 11.4. The Balaban J connectivity index is 1.83. The molecular weight excluding hydrogens is 345 g/mol. The highest BCUT2D eigenvalue weighted by Gasteiger charge is 2.30. The van der Waals surface area contributed by atoms with Gasteiger partial charge in [0.25, 0.3) is 0 Å². The van der Waals surface area contributed by atoms with Gasteiger partial charge >= 0.3 is 6.18 Å². The minimum Gasteiger partial charge on any atom is -0.320 e. The third kappa shape index (κ3) is 2.52. The Hall–Kier alpha value is -2.34. The molecule has 2 nitrogen and oxygen atoms in total. The van der Waals surface area contributed by atoms with Crippen LogP contribution in [-0.4, -0.2) is 11.6 Å². The molecule has 0 amide bonds. The predicted molar refractivity (Wildman–Crippen MR) is 93.5 cm³/mol. The van der Waals surface area contributed by atoms with Crippen LogP contribution in [0.5, 0.6) is 0 Å². The number of halogens is 3. The van der Waals surface area contributed by atoms with Crippen molar-refractivity contribution in [1.82, 2.24) is 4.57 Å².